The molecule has 0 saturated carbocycles. The van der Waals surface area contributed by atoms with Gasteiger partial charge in [0, 0.05) is 33.8 Å². The molecule has 0 heterocycles. The number of nitrogens with zero attached hydrogens (tertiary/aromatic N) is 2. The molecule has 0 fully saturated rings. The zero-order valence-corrected chi connectivity index (χ0v) is 16.5. The van der Waals surface area contributed by atoms with Gasteiger partial charge in [0.05, 0.1) is 6.61 Å². The van der Waals surface area contributed by atoms with Crippen LogP contribution in [-0.2, 0) is 11.3 Å². The molecule has 0 bridgehead atoms. The number of nitrogens with one attached hydrogen (secondary N) is 2. The van der Waals surface area contributed by atoms with E-state index in [1.165, 1.54) is 12.1 Å². The molecule has 5 nitrogen and oxygen atoms in total. The number of guanidine groups is 1. The summed E-state index contributed by atoms with van der Waals surface area (Å²) in [5.74, 6) is 0.535. The van der Waals surface area contributed by atoms with E-state index in [0.29, 0.717) is 6.54 Å². The molecule has 0 atom stereocenters. The average Bonchev–Trinajstić information content (AvgIpc) is 2.53. The molecule has 1 aromatic carbocycles. The monoisotopic (exact) mass is 438 g/mol. The van der Waals surface area contributed by atoms with E-state index >= 15 is 0 Å². The van der Waals surface area contributed by atoms with Crippen LogP contribution in [0.25, 0.3) is 0 Å². The number of hydrogen-bond donors (Lipinski definition) is 2. The van der Waals surface area contributed by atoms with Crippen LogP contribution in [-0.4, -0.2) is 58.3 Å². The number of halogens is 2. The van der Waals surface area contributed by atoms with Gasteiger partial charge in [-0.25, -0.2) is 4.39 Å². The second-order valence-electron chi connectivity index (χ2n) is 5.13. The molecular weight excluding hydrogens is 410 g/mol. The van der Waals surface area contributed by atoms with E-state index in [0.717, 1.165) is 44.2 Å². The summed E-state index contributed by atoms with van der Waals surface area (Å²) in [7, 11) is 5.54. The van der Waals surface area contributed by atoms with Crippen molar-refractivity contribution in [2.45, 2.75) is 13.0 Å². The Morgan fingerprint density at radius 3 is 2.52 bits per heavy atom. The third-order valence-corrected chi connectivity index (χ3v) is 3.28. The van der Waals surface area contributed by atoms with Crippen LogP contribution in [0.2, 0.25) is 0 Å². The Bertz CT molecular complexity index is 442. The number of aliphatic imine (C=N–C) groups is 1. The highest BCUT2D eigenvalue weighted by Crippen LogP contribution is 2.01. The van der Waals surface area contributed by atoms with Crippen molar-refractivity contribution in [2.24, 2.45) is 4.99 Å². The lowest BCUT2D eigenvalue weighted by Crippen LogP contribution is -2.38. The highest BCUT2D eigenvalue weighted by molar-refractivity contribution is 14.0. The minimum absolute atomic E-state index is 0. The Morgan fingerprint density at radius 2 is 1.91 bits per heavy atom. The second kappa shape index (κ2) is 13.5. The molecular formula is C16H28FIN4O. The summed E-state index contributed by atoms with van der Waals surface area (Å²) in [4.78, 5) is 6.41. The molecule has 1 rings (SSSR count). The third-order valence-electron chi connectivity index (χ3n) is 3.28. The topological polar surface area (TPSA) is 48.9 Å². The van der Waals surface area contributed by atoms with Crippen molar-refractivity contribution in [3.05, 3.63) is 35.6 Å². The van der Waals surface area contributed by atoms with Gasteiger partial charge < -0.3 is 20.3 Å². The lowest BCUT2D eigenvalue weighted by molar-refractivity contribution is 0.161. The first kappa shape index (κ1) is 22.1. The van der Waals surface area contributed by atoms with Crippen molar-refractivity contribution in [1.82, 2.24) is 15.5 Å². The minimum atomic E-state index is -0.219. The first-order valence-electron chi connectivity index (χ1n) is 7.52. The van der Waals surface area contributed by atoms with Crippen LogP contribution in [0.1, 0.15) is 12.0 Å². The lowest BCUT2D eigenvalue weighted by Gasteiger charge is -2.17. The van der Waals surface area contributed by atoms with E-state index < -0.39 is 0 Å². The minimum Gasteiger partial charge on any atom is -0.383 e. The summed E-state index contributed by atoms with van der Waals surface area (Å²) in [5, 5.41) is 6.48. The number of benzene rings is 1. The molecule has 2 N–H and O–H groups in total. The smallest absolute Gasteiger partial charge is 0.191 e. The van der Waals surface area contributed by atoms with Gasteiger partial charge >= 0.3 is 0 Å². The maximum atomic E-state index is 12.8. The van der Waals surface area contributed by atoms with Gasteiger partial charge in [-0.05, 0) is 37.7 Å². The van der Waals surface area contributed by atoms with Crippen molar-refractivity contribution in [3.8, 4) is 0 Å². The fourth-order valence-corrected chi connectivity index (χ4v) is 1.92. The van der Waals surface area contributed by atoms with Gasteiger partial charge in [-0.3, -0.25) is 4.99 Å². The van der Waals surface area contributed by atoms with E-state index in [1.807, 2.05) is 0 Å². The molecule has 0 aliphatic carbocycles. The van der Waals surface area contributed by atoms with Gasteiger partial charge in [0.1, 0.15) is 5.82 Å². The Balaban J connectivity index is 0.00000484. The van der Waals surface area contributed by atoms with Gasteiger partial charge in [0.25, 0.3) is 0 Å². The Labute approximate surface area is 155 Å². The Kier molecular flexibility index (Phi) is 13.0. The van der Waals surface area contributed by atoms with Crippen LogP contribution in [0, 0.1) is 5.82 Å². The van der Waals surface area contributed by atoms with Crippen LogP contribution in [0.5, 0.6) is 0 Å². The molecule has 23 heavy (non-hydrogen) atoms. The number of likely N-dealkylation sites (N-methyl/N-ethyl adjacent to an activating group) is 1. The summed E-state index contributed by atoms with van der Waals surface area (Å²) in [5.41, 5.74) is 1.02. The number of methoxy groups -OCH3 is 1. The third kappa shape index (κ3) is 10.5. The predicted octanol–water partition coefficient (Wildman–Crippen LogP) is 2.08. The highest BCUT2D eigenvalue weighted by atomic mass is 127. The normalized spacial score (nSPS) is 11.3. The predicted molar refractivity (Wildman–Crippen MR) is 104 cm³/mol. The molecule has 0 aliphatic rings. The summed E-state index contributed by atoms with van der Waals surface area (Å²) in [6.45, 7) is 4.16. The van der Waals surface area contributed by atoms with Crippen LogP contribution >= 0.6 is 24.0 Å². The van der Waals surface area contributed by atoms with Crippen molar-refractivity contribution >= 4 is 29.9 Å². The van der Waals surface area contributed by atoms with Gasteiger partial charge in [-0.1, -0.05) is 12.1 Å². The molecule has 0 aromatic heterocycles. The number of hydrogen-bond acceptors (Lipinski definition) is 3. The Morgan fingerprint density at radius 1 is 1.22 bits per heavy atom. The summed E-state index contributed by atoms with van der Waals surface area (Å²) < 4.78 is 17.9. The number of ether oxygens (including phenoxy) is 1. The summed E-state index contributed by atoms with van der Waals surface area (Å²) >= 11 is 0. The quantitative estimate of drug-likeness (QED) is 0.268. The lowest BCUT2D eigenvalue weighted by atomic mass is 10.2. The van der Waals surface area contributed by atoms with Gasteiger partial charge in [-0.2, -0.15) is 0 Å². The summed E-state index contributed by atoms with van der Waals surface area (Å²) in [6, 6.07) is 6.45. The molecule has 0 radical (unpaired) electrons. The van der Waals surface area contributed by atoms with E-state index in [-0.39, 0.29) is 29.8 Å². The van der Waals surface area contributed by atoms with Crippen LogP contribution in [0.15, 0.2) is 29.3 Å². The van der Waals surface area contributed by atoms with E-state index in [2.05, 4.69) is 27.6 Å². The molecule has 0 saturated heterocycles. The molecule has 0 unspecified atom stereocenters. The number of rotatable bonds is 9. The van der Waals surface area contributed by atoms with Gasteiger partial charge in [0.2, 0.25) is 0 Å². The molecule has 0 spiro atoms. The van der Waals surface area contributed by atoms with Gasteiger partial charge in [0.15, 0.2) is 5.96 Å². The van der Waals surface area contributed by atoms with Crippen LogP contribution < -0.4 is 10.6 Å². The maximum Gasteiger partial charge on any atom is 0.191 e. The fourth-order valence-electron chi connectivity index (χ4n) is 1.92. The molecule has 0 amide bonds. The van der Waals surface area contributed by atoms with Crippen molar-refractivity contribution in [2.75, 3.05) is 47.4 Å². The molecule has 7 heteroatoms. The first-order valence-corrected chi connectivity index (χ1v) is 7.52. The zero-order chi connectivity index (χ0) is 16.2. The standard InChI is InChI=1S/C16H27FN4O.HI/c1-18-16(19-9-4-10-21(2)11-12-22-3)20-13-14-5-7-15(17)8-6-14;/h5-8H,4,9-13H2,1-3H3,(H2,18,19,20);1H. The van der Waals surface area contributed by atoms with E-state index in [1.54, 1.807) is 26.3 Å². The second-order valence-corrected chi connectivity index (χ2v) is 5.13. The molecule has 0 aliphatic heterocycles. The van der Waals surface area contributed by atoms with E-state index in [9.17, 15) is 4.39 Å². The van der Waals surface area contributed by atoms with E-state index in [4.69, 9.17) is 4.74 Å². The van der Waals surface area contributed by atoms with Crippen LogP contribution in [0.3, 0.4) is 0 Å². The fraction of sp³-hybridized carbons (Fsp3) is 0.562. The van der Waals surface area contributed by atoms with Crippen molar-refractivity contribution < 1.29 is 9.13 Å². The average molecular weight is 438 g/mol. The maximum absolute atomic E-state index is 12.8. The Hall–Kier alpha value is -0.930. The molecule has 1 aromatic rings. The van der Waals surface area contributed by atoms with Gasteiger partial charge in [-0.15, -0.1) is 24.0 Å². The highest BCUT2D eigenvalue weighted by Gasteiger charge is 2.00. The first-order chi connectivity index (χ1) is 10.7. The van der Waals surface area contributed by atoms with Crippen molar-refractivity contribution in [1.29, 1.82) is 0 Å². The van der Waals surface area contributed by atoms with Crippen LogP contribution in [0.4, 0.5) is 4.39 Å². The zero-order valence-electron chi connectivity index (χ0n) is 14.1. The molecule has 132 valence electrons. The SMILES string of the molecule is CN=C(NCCCN(C)CCOC)NCc1ccc(F)cc1.I. The largest absolute Gasteiger partial charge is 0.383 e. The van der Waals surface area contributed by atoms with Crippen molar-refractivity contribution in [3.63, 3.8) is 0 Å². The summed E-state index contributed by atoms with van der Waals surface area (Å²) in [6.07, 6.45) is 1.03.